The van der Waals surface area contributed by atoms with E-state index < -0.39 is 29.7 Å². The molecule has 1 fully saturated rings. The number of carbonyl (C=O) groups is 1. The molecule has 0 saturated carbocycles. The van der Waals surface area contributed by atoms with Crippen molar-refractivity contribution in [2.24, 2.45) is 0 Å². The Labute approximate surface area is 197 Å². The second-order valence-electron chi connectivity index (χ2n) is 7.76. The van der Waals surface area contributed by atoms with Gasteiger partial charge < -0.3 is 19.5 Å². The van der Waals surface area contributed by atoms with Crippen molar-refractivity contribution < 1.29 is 32.2 Å². The monoisotopic (exact) mass is 494 g/mol. The van der Waals surface area contributed by atoms with Gasteiger partial charge >= 0.3 is 6.18 Å². The number of nitrogens with one attached hydrogen (secondary N) is 1. The van der Waals surface area contributed by atoms with Gasteiger partial charge in [0.15, 0.2) is 0 Å². The smallest absolute Gasteiger partial charge is 0.451 e. The van der Waals surface area contributed by atoms with E-state index in [0.717, 1.165) is 17.3 Å². The maximum atomic E-state index is 13.1. The zero-order valence-electron chi connectivity index (χ0n) is 18.5. The fourth-order valence-corrected chi connectivity index (χ4v) is 3.93. The van der Waals surface area contributed by atoms with Crippen molar-refractivity contribution in [1.82, 2.24) is 20.3 Å². The summed E-state index contributed by atoms with van der Waals surface area (Å²) in [7, 11) is 1.51. The minimum atomic E-state index is -4.64. The molecule has 0 spiro atoms. The van der Waals surface area contributed by atoms with Gasteiger partial charge in [0.05, 0.1) is 6.04 Å². The Hall–Kier alpha value is -3.09. The van der Waals surface area contributed by atoms with E-state index >= 15 is 0 Å². The third-order valence-corrected chi connectivity index (χ3v) is 6.09. The number of amides is 1. The van der Waals surface area contributed by atoms with Crippen LogP contribution in [-0.4, -0.2) is 47.0 Å². The number of carbonyl (C=O) groups excluding carboxylic acids is 1. The molecule has 4 rings (SSSR count). The summed E-state index contributed by atoms with van der Waals surface area (Å²) >= 11 is 1.46. The fraction of sp³-hybridized carbons (Fsp3) is 0.364. The number of benzene rings is 1. The number of aromatic nitrogens is 3. The zero-order chi connectivity index (χ0) is 24.5. The van der Waals surface area contributed by atoms with Gasteiger partial charge in [0.25, 0.3) is 11.7 Å². The summed E-state index contributed by atoms with van der Waals surface area (Å²) in [6.07, 6.45) is -0.816. The van der Waals surface area contributed by atoms with Gasteiger partial charge in [-0.1, -0.05) is 0 Å². The lowest BCUT2D eigenvalue weighted by molar-refractivity contribution is -0.294. The first-order valence-electron chi connectivity index (χ1n) is 10.2. The lowest BCUT2D eigenvalue weighted by Crippen LogP contribution is -2.55. The maximum Gasteiger partial charge on any atom is 0.451 e. The molecule has 180 valence electrons. The highest BCUT2D eigenvalue weighted by atomic mass is 32.1. The number of thiazole rings is 1. The first kappa shape index (κ1) is 24.0. The largest absolute Gasteiger partial charge is 0.457 e. The molecule has 8 nitrogen and oxygen atoms in total. The molecule has 1 saturated heterocycles. The number of hydrogen-bond acceptors (Lipinski definition) is 8. The Morgan fingerprint density at radius 1 is 1.18 bits per heavy atom. The summed E-state index contributed by atoms with van der Waals surface area (Å²) in [5.41, 5.74) is 1.29. The van der Waals surface area contributed by atoms with E-state index in [9.17, 15) is 18.0 Å². The molecule has 1 atom stereocenters. The lowest BCUT2D eigenvalue weighted by Gasteiger charge is -2.39. The van der Waals surface area contributed by atoms with Gasteiger partial charge in [-0.15, -0.1) is 11.3 Å². The topological polar surface area (TPSA) is 95.5 Å². The molecule has 1 aromatic carbocycles. The second-order valence-corrected chi connectivity index (χ2v) is 9.00. The fourth-order valence-electron chi connectivity index (χ4n) is 3.17. The van der Waals surface area contributed by atoms with Gasteiger partial charge in [0.2, 0.25) is 5.82 Å². The van der Waals surface area contributed by atoms with Crippen molar-refractivity contribution in [3.05, 3.63) is 58.6 Å². The number of methoxy groups -OCH3 is 1. The Morgan fingerprint density at radius 3 is 2.41 bits per heavy atom. The highest BCUT2D eigenvalue weighted by molar-refractivity contribution is 7.14. The molecule has 3 heterocycles. The third kappa shape index (κ3) is 5.18. The van der Waals surface area contributed by atoms with Crippen molar-refractivity contribution in [3.63, 3.8) is 0 Å². The predicted octanol–water partition coefficient (Wildman–Crippen LogP) is 4.17. The molecular weight excluding hydrogens is 473 g/mol. The Bertz CT molecular complexity index is 1170. The van der Waals surface area contributed by atoms with E-state index in [4.69, 9.17) is 14.2 Å². The van der Waals surface area contributed by atoms with Crippen LogP contribution in [0.3, 0.4) is 0 Å². The number of halogens is 3. The van der Waals surface area contributed by atoms with Crippen molar-refractivity contribution >= 4 is 17.2 Å². The molecular formula is C22H21F3N4O4S. The standard InChI is InChI=1S/C22H21F3N4O4S/c1-12-7-26-19(34-12)15-4-14(5-17(6-15)33-21(31-3)10-32-11-21)18(30)29-13(2)16-8-27-20(28-9-16)22(23,24)25/h4-9,13H,10-11H2,1-3H3,(H,29,30). The van der Waals surface area contributed by atoms with Crippen LogP contribution < -0.4 is 10.1 Å². The van der Waals surface area contributed by atoms with E-state index in [1.165, 1.54) is 18.4 Å². The summed E-state index contributed by atoms with van der Waals surface area (Å²) in [6.45, 7) is 4.04. The molecule has 0 bridgehead atoms. The van der Waals surface area contributed by atoms with Crippen molar-refractivity contribution in [1.29, 1.82) is 0 Å². The molecule has 0 aliphatic carbocycles. The molecule has 0 radical (unpaired) electrons. The van der Waals surface area contributed by atoms with E-state index in [2.05, 4.69) is 20.3 Å². The predicted molar refractivity (Wildman–Crippen MR) is 116 cm³/mol. The van der Waals surface area contributed by atoms with Gasteiger partial charge in [-0.25, -0.2) is 15.0 Å². The van der Waals surface area contributed by atoms with E-state index in [1.54, 1.807) is 31.3 Å². The number of rotatable bonds is 7. The molecule has 12 heteroatoms. The first-order chi connectivity index (χ1) is 16.1. The summed E-state index contributed by atoms with van der Waals surface area (Å²) in [6, 6.07) is 4.36. The summed E-state index contributed by atoms with van der Waals surface area (Å²) < 4.78 is 54.8. The van der Waals surface area contributed by atoms with Crippen molar-refractivity contribution in [2.75, 3.05) is 20.3 Å². The van der Waals surface area contributed by atoms with E-state index in [-0.39, 0.29) is 18.8 Å². The maximum absolute atomic E-state index is 13.1. The van der Waals surface area contributed by atoms with Gasteiger partial charge in [-0.05, 0) is 32.0 Å². The summed E-state index contributed by atoms with van der Waals surface area (Å²) in [5, 5.41) is 3.46. The molecule has 1 aliphatic heterocycles. The average molecular weight is 494 g/mol. The van der Waals surface area contributed by atoms with Gasteiger partial charge in [-0.2, -0.15) is 13.2 Å². The number of aryl methyl sites for hydroxylation is 1. The van der Waals surface area contributed by atoms with Crippen LogP contribution in [0, 0.1) is 6.92 Å². The third-order valence-electron chi connectivity index (χ3n) is 5.13. The summed E-state index contributed by atoms with van der Waals surface area (Å²) in [4.78, 5) is 25.1. The Morgan fingerprint density at radius 2 is 1.88 bits per heavy atom. The van der Waals surface area contributed by atoms with Crippen LogP contribution in [0.5, 0.6) is 5.75 Å². The molecule has 34 heavy (non-hydrogen) atoms. The van der Waals surface area contributed by atoms with Gasteiger partial charge in [0, 0.05) is 47.3 Å². The molecule has 3 aromatic rings. The molecule has 1 N–H and O–H groups in total. The number of alkyl halides is 3. The highest BCUT2D eigenvalue weighted by Crippen LogP contribution is 2.33. The van der Waals surface area contributed by atoms with Crippen LogP contribution in [0.1, 0.15) is 39.6 Å². The van der Waals surface area contributed by atoms with Crippen molar-refractivity contribution in [3.8, 4) is 16.3 Å². The summed E-state index contributed by atoms with van der Waals surface area (Å²) in [5.74, 6) is -2.24. The normalized spacial score (nSPS) is 15.9. The molecule has 1 unspecified atom stereocenters. The second kappa shape index (κ2) is 9.28. The van der Waals surface area contributed by atoms with Crippen LogP contribution >= 0.6 is 11.3 Å². The van der Waals surface area contributed by atoms with Crippen LogP contribution in [0.25, 0.3) is 10.6 Å². The molecule has 1 aliphatic rings. The highest BCUT2D eigenvalue weighted by Gasteiger charge is 2.42. The quantitative estimate of drug-likeness (QED) is 0.493. The van der Waals surface area contributed by atoms with Gasteiger partial charge in [0.1, 0.15) is 24.0 Å². The molecule has 1 amide bonds. The van der Waals surface area contributed by atoms with Crippen LogP contribution in [-0.2, 0) is 15.7 Å². The van der Waals surface area contributed by atoms with Crippen LogP contribution in [0.15, 0.2) is 36.8 Å². The van der Waals surface area contributed by atoms with Crippen LogP contribution in [0.4, 0.5) is 13.2 Å². The zero-order valence-corrected chi connectivity index (χ0v) is 19.3. The van der Waals surface area contributed by atoms with Crippen molar-refractivity contribution in [2.45, 2.75) is 31.9 Å². The Balaban J connectivity index is 1.59. The number of hydrogen-bond donors (Lipinski definition) is 1. The number of nitrogens with zero attached hydrogens (tertiary/aromatic N) is 3. The van der Waals surface area contributed by atoms with E-state index in [1.807, 2.05) is 6.92 Å². The minimum Gasteiger partial charge on any atom is -0.457 e. The van der Waals surface area contributed by atoms with E-state index in [0.29, 0.717) is 21.9 Å². The van der Waals surface area contributed by atoms with Gasteiger partial charge in [-0.3, -0.25) is 4.79 Å². The minimum absolute atomic E-state index is 0.247. The lowest BCUT2D eigenvalue weighted by atomic mass is 10.1. The number of ether oxygens (including phenoxy) is 3. The SMILES string of the molecule is COC1(Oc2cc(C(=O)NC(C)c3cnc(C(F)(F)F)nc3)cc(-c3ncc(C)s3)c2)COC1. The first-order valence-corrected chi connectivity index (χ1v) is 11.0. The Kier molecular flexibility index (Phi) is 6.56. The van der Waals surface area contributed by atoms with Crippen LogP contribution in [0.2, 0.25) is 0 Å². The average Bonchev–Trinajstić information content (AvgIpc) is 3.22. The molecule has 2 aromatic heterocycles.